The summed E-state index contributed by atoms with van der Waals surface area (Å²) in [7, 11) is 0. The molecule has 0 spiro atoms. The van der Waals surface area contributed by atoms with Crippen LogP contribution >= 0.6 is 0 Å². The molecule has 0 aliphatic carbocycles. The van der Waals surface area contributed by atoms with Crippen molar-refractivity contribution in [3.8, 4) is 22.8 Å². The number of nitrogens with two attached hydrogens (primary N) is 1. The maximum Gasteiger partial charge on any atom is 0.258 e. The summed E-state index contributed by atoms with van der Waals surface area (Å²) >= 11 is 0. The van der Waals surface area contributed by atoms with Crippen LogP contribution in [0.1, 0.15) is 0 Å². The quantitative estimate of drug-likeness (QED) is 0.728. The van der Waals surface area contributed by atoms with Gasteiger partial charge in [-0.25, -0.2) is 8.78 Å². The molecule has 0 aliphatic rings. The highest BCUT2D eigenvalue weighted by Gasteiger charge is 2.12. The van der Waals surface area contributed by atoms with Crippen LogP contribution in [-0.2, 0) is 0 Å². The average Bonchev–Trinajstić information content (AvgIpc) is 2.87. The van der Waals surface area contributed by atoms with Crippen molar-refractivity contribution in [2.24, 2.45) is 0 Å². The van der Waals surface area contributed by atoms with E-state index in [0.29, 0.717) is 17.1 Å². The predicted molar refractivity (Wildman–Crippen MR) is 69.5 cm³/mol. The van der Waals surface area contributed by atoms with Gasteiger partial charge in [0.05, 0.1) is 0 Å². The molecule has 0 unspecified atom stereocenters. The molecular formula is C14H9F2N3O. The lowest BCUT2D eigenvalue weighted by atomic mass is 10.2. The summed E-state index contributed by atoms with van der Waals surface area (Å²) in [4.78, 5) is 4.11. The van der Waals surface area contributed by atoms with Gasteiger partial charge in [0.25, 0.3) is 5.89 Å². The van der Waals surface area contributed by atoms with E-state index in [4.69, 9.17) is 10.3 Å². The molecule has 0 saturated carbocycles. The molecule has 100 valence electrons. The van der Waals surface area contributed by atoms with Crippen LogP contribution in [0.4, 0.5) is 14.5 Å². The third-order valence-electron chi connectivity index (χ3n) is 2.68. The number of hydrogen-bond acceptors (Lipinski definition) is 4. The Morgan fingerprint density at radius 1 is 0.950 bits per heavy atom. The van der Waals surface area contributed by atoms with Gasteiger partial charge in [0.1, 0.15) is 11.6 Å². The molecule has 0 amide bonds. The Bertz CT molecular complexity index is 750. The van der Waals surface area contributed by atoms with Crippen molar-refractivity contribution in [3.05, 3.63) is 54.1 Å². The zero-order valence-corrected chi connectivity index (χ0v) is 10.2. The molecule has 1 heterocycles. The lowest BCUT2D eigenvalue weighted by Crippen LogP contribution is -1.87. The molecule has 2 aromatic carbocycles. The van der Waals surface area contributed by atoms with E-state index in [9.17, 15) is 8.78 Å². The summed E-state index contributed by atoms with van der Waals surface area (Å²) in [6.07, 6.45) is 0. The van der Waals surface area contributed by atoms with Gasteiger partial charge in [-0.1, -0.05) is 17.3 Å². The number of halogens is 2. The summed E-state index contributed by atoms with van der Waals surface area (Å²) in [5.41, 5.74) is 7.08. The highest BCUT2D eigenvalue weighted by atomic mass is 19.1. The maximum atomic E-state index is 13.1. The Balaban J connectivity index is 2.02. The lowest BCUT2D eigenvalue weighted by molar-refractivity contribution is 0.431. The lowest BCUT2D eigenvalue weighted by Gasteiger charge is -1.96. The van der Waals surface area contributed by atoms with Crippen LogP contribution in [0.5, 0.6) is 0 Å². The minimum atomic E-state index is -0.705. The Hall–Kier alpha value is -2.76. The second-order valence-corrected chi connectivity index (χ2v) is 4.21. The number of hydrogen-bond donors (Lipinski definition) is 1. The summed E-state index contributed by atoms with van der Waals surface area (Å²) in [5, 5.41) is 3.78. The summed E-state index contributed by atoms with van der Waals surface area (Å²) in [6.45, 7) is 0. The van der Waals surface area contributed by atoms with Crippen LogP contribution in [-0.4, -0.2) is 10.1 Å². The molecule has 6 heteroatoms. The van der Waals surface area contributed by atoms with Gasteiger partial charge in [-0.3, -0.25) is 0 Å². The van der Waals surface area contributed by atoms with Gasteiger partial charge in [0.15, 0.2) is 0 Å². The van der Waals surface area contributed by atoms with Crippen LogP contribution in [0.3, 0.4) is 0 Å². The zero-order valence-electron chi connectivity index (χ0n) is 10.2. The number of aromatic nitrogens is 2. The monoisotopic (exact) mass is 273 g/mol. The van der Waals surface area contributed by atoms with Gasteiger partial charge in [0.2, 0.25) is 5.82 Å². The van der Waals surface area contributed by atoms with Gasteiger partial charge in [-0.15, -0.1) is 0 Å². The summed E-state index contributed by atoms with van der Waals surface area (Å²) < 4.78 is 31.3. The number of rotatable bonds is 2. The maximum absolute atomic E-state index is 13.1. The normalized spacial score (nSPS) is 10.7. The average molecular weight is 273 g/mol. The highest BCUT2D eigenvalue weighted by Crippen LogP contribution is 2.24. The molecule has 4 nitrogen and oxygen atoms in total. The zero-order chi connectivity index (χ0) is 14.1. The molecule has 0 fully saturated rings. The first-order valence-electron chi connectivity index (χ1n) is 5.78. The Kier molecular flexibility index (Phi) is 2.90. The first-order chi connectivity index (χ1) is 9.61. The molecule has 0 aliphatic heterocycles. The van der Waals surface area contributed by atoms with Gasteiger partial charge in [0, 0.05) is 22.9 Å². The SMILES string of the molecule is Nc1cccc(-c2noc(-c3cc(F)cc(F)c3)n2)c1. The topological polar surface area (TPSA) is 64.9 Å². The minimum Gasteiger partial charge on any atom is -0.399 e. The number of benzene rings is 2. The van der Waals surface area contributed by atoms with Gasteiger partial charge < -0.3 is 10.3 Å². The number of nitrogen functional groups attached to an aromatic ring is 1. The van der Waals surface area contributed by atoms with Crippen LogP contribution in [0.2, 0.25) is 0 Å². The van der Waals surface area contributed by atoms with Crippen LogP contribution in [0, 0.1) is 11.6 Å². The van der Waals surface area contributed by atoms with E-state index in [0.717, 1.165) is 18.2 Å². The van der Waals surface area contributed by atoms with E-state index >= 15 is 0 Å². The molecule has 3 aromatic rings. The summed E-state index contributed by atoms with van der Waals surface area (Å²) in [5.74, 6) is -1.06. The predicted octanol–water partition coefficient (Wildman–Crippen LogP) is 3.26. The minimum absolute atomic E-state index is 0.0424. The Morgan fingerprint density at radius 3 is 2.40 bits per heavy atom. The van der Waals surface area contributed by atoms with Crippen molar-refractivity contribution in [2.45, 2.75) is 0 Å². The first kappa shape index (κ1) is 12.3. The molecule has 1 aromatic heterocycles. The third kappa shape index (κ3) is 2.35. The van der Waals surface area contributed by atoms with Crippen LogP contribution in [0.15, 0.2) is 47.0 Å². The van der Waals surface area contributed by atoms with E-state index in [2.05, 4.69) is 10.1 Å². The van der Waals surface area contributed by atoms with E-state index in [1.54, 1.807) is 24.3 Å². The Morgan fingerprint density at radius 2 is 1.70 bits per heavy atom. The fourth-order valence-electron chi connectivity index (χ4n) is 1.81. The molecular weight excluding hydrogens is 264 g/mol. The van der Waals surface area contributed by atoms with E-state index in [-0.39, 0.29) is 11.5 Å². The number of nitrogens with zero attached hydrogens (tertiary/aromatic N) is 2. The molecule has 0 saturated heterocycles. The largest absolute Gasteiger partial charge is 0.399 e. The third-order valence-corrected chi connectivity index (χ3v) is 2.68. The fraction of sp³-hybridized carbons (Fsp3) is 0. The van der Waals surface area contributed by atoms with E-state index < -0.39 is 11.6 Å². The molecule has 0 atom stereocenters. The molecule has 0 bridgehead atoms. The van der Waals surface area contributed by atoms with Crippen molar-refractivity contribution < 1.29 is 13.3 Å². The molecule has 0 radical (unpaired) electrons. The van der Waals surface area contributed by atoms with Gasteiger partial charge in [-0.05, 0) is 24.3 Å². The molecule has 20 heavy (non-hydrogen) atoms. The Labute approximate surface area is 112 Å². The molecule has 2 N–H and O–H groups in total. The smallest absolute Gasteiger partial charge is 0.258 e. The molecule has 3 rings (SSSR count). The van der Waals surface area contributed by atoms with E-state index in [1.165, 1.54) is 0 Å². The van der Waals surface area contributed by atoms with Crippen molar-refractivity contribution in [3.63, 3.8) is 0 Å². The first-order valence-corrected chi connectivity index (χ1v) is 5.78. The van der Waals surface area contributed by atoms with Crippen molar-refractivity contribution in [1.82, 2.24) is 10.1 Å². The van der Waals surface area contributed by atoms with Crippen LogP contribution in [0.25, 0.3) is 22.8 Å². The standard InChI is InChI=1S/C14H9F2N3O/c15-10-4-9(5-11(16)7-10)14-18-13(19-20-14)8-2-1-3-12(17)6-8/h1-7H,17H2. The van der Waals surface area contributed by atoms with Crippen LogP contribution < -0.4 is 5.73 Å². The van der Waals surface area contributed by atoms with E-state index in [1.807, 2.05) is 0 Å². The van der Waals surface area contributed by atoms with Crippen molar-refractivity contribution >= 4 is 5.69 Å². The van der Waals surface area contributed by atoms with Crippen molar-refractivity contribution in [2.75, 3.05) is 5.73 Å². The van der Waals surface area contributed by atoms with Gasteiger partial charge >= 0.3 is 0 Å². The summed E-state index contributed by atoms with van der Waals surface area (Å²) in [6, 6.07) is 9.95. The fourth-order valence-corrected chi connectivity index (χ4v) is 1.81. The highest BCUT2D eigenvalue weighted by molar-refractivity contribution is 5.63. The second-order valence-electron chi connectivity index (χ2n) is 4.21. The van der Waals surface area contributed by atoms with Crippen molar-refractivity contribution in [1.29, 1.82) is 0 Å². The van der Waals surface area contributed by atoms with Gasteiger partial charge in [-0.2, -0.15) is 4.98 Å². The second kappa shape index (κ2) is 4.73. The number of anilines is 1.